The van der Waals surface area contributed by atoms with Gasteiger partial charge in [-0.15, -0.1) is 0 Å². The van der Waals surface area contributed by atoms with Gasteiger partial charge in [-0.1, -0.05) is 20.8 Å². The quantitative estimate of drug-likeness (QED) is 0.592. The number of rotatable bonds is 0. The van der Waals surface area contributed by atoms with Crippen LogP contribution in [0.4, 0.5) is 0 Å². The Bertz CT molecular complexity index is 126. The summed E-state index contributed by atoms with van der Waals surface area (Å²) in [7, 11) is 0. The van der Waals surface area contributed by atoms with Crippen LogP contribution < -0.4 is 0 Å². The Labute approximate surface area is 76.2 Å². The molecule has 3 unspecified atom stereocenters. The Hall–Kier alpha value is -0.0400. The molecule has 12 heavy (non-hydrogen) atoms. The van der Waals surface area contributed by atoms with E-state index < -0.39 is 0 Å². The summed E-state index contributed by atoms with van der Waals surface area (Å²) < 4.78 is 0. The summed E-state index contributed by atoms with van der Waals surface area (Å²) in [6.07, 6.45) is 5.19. The van der Waals surface area contributed by atoms with Crippen LogP contribution >= 0.6 is 0 Å². The molecule has 2 aliphatic rings. The second kappa shape index (κ2) is 4.27. The zero-order valence-corrected chi connectivity index (χ0v) is 8.59. The number of hydrogen-bond donors (Lipinski definition) is 1. The lowest BCUT2D eigenvalue weighted by molar-refractivity contribution is 0.113. The lowest BCUT2D eigenvalue weighted by Crippen LogP contribution is -2.14. The van der Waals surface area contributed by atoms with Crippen molar-refractivity contribution >= 4 is 0 Å². The van der Waals surface area contributed by atoms with E-state index in [4.69, 9.17) is 0 Å². The molecule has 2 saturated carbocycles. The summed E-state index contributed by atoms with van der Waals surface area (Å²) in [5.41, 5.74) is 0. The topological polar surface area (TPSA) is 20.2 Å². The maximum absolute atomic E-state index is 9.22. The standard InChI is InChI=1S/C7H12O.C4H10/c8-7-4-5-1-2-6(7)3-5;1-4(2)3/h5-8H,1-4H2;4H,1-3H3. The highest BCUT2D eigenvalue weighted by molar-refractivity contribution is 4.89. The number of aliphatic hydroxyl groups is 1. The third kappa shape index (κ3) is 2.78. The first kappa shape index (κ1) is 10.0. The summed E-state index contributed by atoms with van der Waals surface area (Å²) in [5, 5.41) is 9.22. The molecule has 72 valence electrons. The van der Waals surface area contributed by atoms with E-state index in [0.717, 1.165) is 18.3 Å². The Morgan fingerprint density at radius 3 is 1.83 bits per heavy atom. The van der Waals surface area contributed by atoms with Crippen LogP contribution in [-0.2, 0) is 0 Å². The average molecular weight is 170 g/mol. The van der Waals surface area contributed by atoms with E-state index in [2.05, 4.69) is 20.8 Å². The Balaban J connectivity index is 0.000000157. The van der Waals surface area contributed by atoms with Gasteiger partial charge in [-0.2, -0.15) is 0 Å². The van der Waals surface area contributed by atoms with Gasteiger partial charge in [0, 0.05) is 0 Å². The lowest BCUT2D eigenvalue weighted by atomic mass is 9.98. The fraction of sp³-hybridized carbons (Fsp3) is 1.00. The molecule has 2 bridgehead atoms. The van der Waals surface area contributed by atoms with Gasteiger partial charge in [0.1, 0.15) is 0 Å². The van der Waals surface area contributed by atoms with Crippen molar-refractivity contribution in [3.63, 3.8) is 0 Å². The zero-order valence-electron chi connectivity index (χ0n) is 8.59. The fourth-order valence-electron chi connectivity index (χ4n) is 2.21. The molecular weight excluding hydrogens is 148 g/mol. The van der Waals surface area contributed by atoms with Gasteiger partial charge in [0.2, 0.25) is 0 Å². The molecule has 2 fully saturated rings. The monoisotopic (exact) mass is 170 g/mol. The van der Waals surface area contributed by atoms with Gasteiger partial charge < -0.3 is 5.11 Å². The first-order valence-electron chi connectivity index (χ1n) is 5.27. The van der Waals surface area contributed by atoms with Crippen LogP contribution in [0.25, 0.3) is 0 Å². The maximum atomic E-state index is 9.22. The van der Waals surface area contributed by atoms with Gasteiger partial charge in [-0.25, -0.2) is 0 Å². The van der Waals surface area contributed by atoms with Gasteiger partial charge in [0.25, 0.3) is 0 Å². The molecule has 0 aliphatic heterocycles. The van der Waals surface area contributed by atoms with Crippen molar-refractivity contribution in [1.82, 2.24) is 0 Å². The SMILES string of the molecule is CC(C)C.OC1CC2CCC1C2. The fourth-order valence-corrected chi connectivity index (χ4v) is 2.21. The molecule has 0 aromatic rings. The van der Waals surface area contributed by atoms with E-state index in [1.165, 1.54) is 19.3 Å². The van der Waals surface area contributed by atoms with Crippen LogP contribution in [0.15, 0.2) is 0 Å². The Morgan fingerprint density at radius 1 is 1.08 bits per heavy atom. The Kier molecular flexibility index (Phi) is 3.57. The van der Waals surface area contributed by atoms with E-state index in [1.807, 2.05) is 0 Å². The molecule has 0 saturated heterocycles. The molecule has 3 atom stereocenters. The van der Waals surface area contributed by atoms with Gasteiger partial charge in [0.15, 0.2) is 0 Å². The van der Waals surface area contributed by atoms with Crippen molar-refractivity contribution in [2.24, 2.45) is 17.8 Å². The molecule has 0 aromatic heterocycles. The molecule has 0 spiro atoms. The predicted molar refractivity (Wildman–Crippen MR) is 52.0 cm³/mol. The average Bonchev–Trinajstić information content (AvgIpc) is 2.44. The van der Waals surface area contributed by atoms with E-state index in [-0.39, 0.29) is 6.10 Å². The minimum Gasteiger partial charge on any atom is -0.393 e. The molecule has 1 nitrogen and oxygen atoms in total. The van der Waals surface area contributed by atoms with Gasteiger partial charge >= 0.3 is 0 Å². The second-order valence-corrected chi connectivity index (χ2v) is 4.97. The van der Waals surface area contributed by atoms with Gasteiger partial charge in [0.05, 0.1) is 6.10 Å². The smallest absolute Gasteiger partial charge is 0.0571 e. The molecule has 0 amide bonds. The van der Waals surface area contributed by atoms with Crippen molar-refractivity contribution in [1.29, 1.82) is 0 Å². The first-order chi connectivity index (χ1) is 5.59. The molecule has 1 heteroatoms. The molecule has 0 aromatic carbocycles. The van der Waals surface area contributed by atoms with Gasteiger partial charge in [-0.05, 0) is 43.4 Å². The molecular formula is C11H22O. The van der Waals surface area contributed by atoms with Crippen molar-refractivity contribution in [2.45, 2.75) is 52.6 Å². The molecule has 2 rings (SSSR count). The third-order valence-corrected chi connectivity index (χ3v) is 2.70. The van der Waals surface area contributed by atoms with Crippen LogP contribution in [0.2, 0.25) is 0 Å². The summed E-state index contributed by atoms with van der Waals surface area (Å²) in [6.45, 7) is 6.50. The van der Waals surface area contributed by atoms with Crippen molar-refractivity contribution < 1.29 is 5.11 Å². The van der Waals surface area contributed by atoms with Crippen LogP contribution in [0.1, 0.15) is 46.5 Å². The summed E-state index contributed by atoms with van der Waals surface area (Å²) in [5.74, 6) is 2.43. The van der Waals surface area contributed by atoms with E-state index in [9.17, 15) is 5.11 Å². The van der Waals surface area contributed by atoms with Crippen LogP contribution in [0, 0.1) is 17.8 Å². The summed E-state index contributed by atoms with van der Waals surface area (Å²) >= 11 is 0. The minimum atomic E-state index is 0.0775. The van der Waals surface area contributed by atoms with E-state index in [1.54, 1.807) is 0 Å². The van der Waals surface area contributed by atoms with Crippen LogP contribution in [0.3, 0.4) is 0 Å². The number of fused-ring (bicyclic) bond motifs is 2. The van der Waals surface area contributed by atoms with Gasteiger partial charge in [-0.3, -0.25) is 0 Å². The molecule has 0 heterocycles. The highest BCUT2D eigenvalue weighted by Gasteiger charge is 2.38. The van der Waals surface area contributed by atoms with Crippen molar-refractivity contribution in [3.8, 4) is 0 Å². The zero-order chi connectivity index (χ0) is 9.14. The largest absolute Gasteiger partial charge is 0.393 e. The number of aliphatic hydroxyl groups excluding tert-OH is 1. The lowest BCUT2D eigenvalue weighted by Gasteiger charge is -2.14. The highest BCUT2D eigenvalue weighted by Crippen LogP contribution is 2.44. The van der Waals surface area contributed by atoms with Crippen molar-refractivity contribution in [3.05, 3.63) is 0 Å². The molecule has 0 radical (unpaired) electrons. The Morgan fingerprint density at radius 2 is 1.67 bits per heavy atom. The third-order valence-electron chi connectivity index (χ3n) is 2.70. The second-order valence-electron chi connectivity index (χ2n) is 4.97. The van der Waals surface area contributed by atoms with Crippen molar-refractivity contribution in [2.75, 3.05) is 0 Å². The molecule has 1 N–H and O–H groups in total. The summed E-state index contributed by atoms with van der Waals surface area (Å²) in [4.78, 5) is 0. The first-order valence-corrected chi connectivity index (χ1v) is 5.27. The molecule has 2 aliphatic carbocycles. The minimum absolute atomic E-state index is 0.0775. The highest BCUT2D eigenvalue weighted by atomic mass is 16.3. The van der Waals surface area contributed by atoms with Crippen LogP contribution in [0.5, 0.6) is 0 Å². The maximum Gasteiger partial charge on any atom is 0.0571 e. The summed E-state index contributed by atoms with van der Waals surface area (Å²) in [6, 6.07) is 0. The normalized spacial score (nSPS) is 38.2. The van der Waals surface area contributed by atoms with Crippen LogP contribution in [-0.4, -0.2) is 11.2 Å². The predicted octanol–water partition coefficient (Wildman–Crippen LogP) is 2.83. The van der Waals surface area contributed by atoms with E-state index in [0.29, 0.717) is 5.92 Å². The number of hydrogen-bond acceptors (Lipinski definition) is 1. The van der Waals surface area contributed by atoms with E-state index >= 15 is 0 Å².